The number of aromatic nitrogens is 3. The lowest BCUT2D eigenvalue weighted by atomic mass is 10.0. The van der Waals surface area contributed by atoms with Gasteiger partial charge >= 0.3 is 0 Å². The average Bonchev–Trinajstić information content (AvgIpc) is 3.29. The Bertz CT molecular complexity index is 1500. The number of hydrogen-bond acceptors (Lipinski definition) is 3. The molecular formula is C23H19ClN3O3P. The van der Waals surface area contributed by atoms with Crippen molar-refractivity contribution in [2.75, 3.05) is 6.66 Å². The zero-order valence-electron chi connectivity index (χ0n) is 16.8. The lowest BCUT2D eigenvalue weighted by molar-refractivity contribution is 0.449. The molecule has 0 saturated heterocycles. The SMILES string of the molecule is Cn1ccc2cc(-c3cc4nc(Oc5cccc(P(C)(=O)O)c5)[nH]c4cc3Cl)ccc21. The maximum Gasteiger partial charge on any atom is 0.300 e. The third-order valence-corrected chi connectivity index (χ3v) is 6.81. The first kappa shape index (κ1) is 19.9. The van der Waals surface area contributed by atoms with Crippen LogP contribution in [0.3, 0.4) is 0 Å². The van der Waals surface area contributed by atoms with Gasteiger partial charge in [-0.15, -0.1) is 0 Å². The van der Waals surface area contributed by atoms with E-state index in [2.05, 4.69) is 32.7 Å². The normalized spacial score (nSPS) is 13.5. The topological polar surface area (TPSA) is 80.1 Å². The van der Waals surface area contributed by atoms with Gasteiger partial charge in [0.25, 0.3) is 6.01 Å². The molecular weight excluding hydrogens is 433 g/mol. The summed E-state index contributed by atoms with van der Waals surface area (Å²) >= 11 is 6.58. The number of H-pyrrole nitrogens is 1. The first-order valence-corrected chi connectivity index (χ1v) is 12.1. The third kappa shape index (κ3) is 3.74. The van der Waals surface area contributed by atoms with Gasteiger partial charge in [-0.3, -0.25) is 4.57 Å². The van der Waals surface area contributed by atoms with E-state index in [4.69, 9.17) is 16.3 Å². The second-order valence-corrected chi connectivity index (χ2v) is 10.3. The van der Waals surface area contributed by atoms with Crippen molar-refractivity contribution in [3.63, 3.8) is 0 Å². The zero-order valence-corrected chi connectivity index (χ0v) is 18.5. The second kappa shape index (κ2) is 7.27. The van der Waals surface area contributed by atoms with E-state index < -0.39 is 7.37 Å². The number of benzene rings is 3. The summed E-state index contributed by atoms with van der Waals surface area (Å²) in [6.45, 7) is 1.30. The van der Waals surface area contributed by atoms with E-state index in [-0.39, 0.29) is 6.01 Å². The molecule has 8 heteroatoms. The molecule has 1 atom stereocenters. The van der Waals surface area contributed by atoms with E-state index in [9.17, 15) is 9.46 Å². The molecule has 156 valence electrons. The van der Waals surface area contributed by atoms with Crippen molar-refractivity contribution in [3.8, 4) is 22.9 Å². The molecule has 0 aliphatic rings. The molecule has 0 bridgehead atoms. The summed E-state index contributed by atoms with van der Waals surface area (Å²) in [6.07, 6.45) is 2.03. The minimum Gasteiger partial charge on any atom is -0.426 e. The van der Waals surface area contributed by atoms with Crippen LogP contribution in [0.15, 0.2) is 66.9 Å². The molecule has 1 unspecified atom stereocenters. The van der Waals surface area contributed by atoms with Gasteiger partial charge in [-0.25, -0.2) is 0 Å². The van der Waals surface area contributed by atoms with Crippen molar-refractivity contribution in [1.29, 1.82) is 0 Å². The number of fused-ring (bicyclic) bond motifs is 2. The molecule has 0 amide bonds. The Kier molecular flexibility index (Phi) is 4.67. The van der Waals surface area contributed by atoms with Crippen LogP contribution in [0.1, 0.15) is 0 Å². The zero-order chi connectivity index (χ0) is 21.8. The highest BCUT2D eigenvalue weighted by atomic mass is 35.5. The molecule has 0 saturated carbocycles. The Morgan fingerprint density at radius 2 is 1.97 bits per heavy atom. The van der Waals surface area contributed by atoms with Crippen LogP contribution in [0, 0.1) is 0 Å². The van der Waals surface area contributed by atoms with Crippen molar-refractivity contribution in [1.82, 2.24) is 14.5 Å². The van der Waals surface area contributed by atoms with Crippen molar-refractivity contribution >= 4 is 46.2 Å². The summed E-state index contributed by atoms with van der Waals surface area (Å²) in [5.74, 6) is 0.425. The van der Waals surface area contributed by atoms with Crippen LogP contribution in [0.4, 0.5) is 0 Å². The van der Waals surface area contributed by atoms with Crippen LogP contribution < -0.4 is 10.0 Å². The van der Waals surface area contributed by atoms with Gasteiger partial charge in [0.05, 0.1) is 16.1 Å². The van der Waals surface area contributed by atoms with Crippen LogP contribution in [0.2, 0.25) is 5.02 Å². The summed E-state index contributed by atoms with van der Waals surface area (Å²) in [4.78, 5) is 17.4. The summed E-state index contributed by atoms with van der Waals surface area (Å²) < 4.78 is 19.8. The predicted octanol–water partition coefficient (Wildman–Crippen LogP) is 5.69. The highest BCUT2D eigenvalue weighted by Crippen LogP contribution is 2.36. The molecule has 5 rings (SSSR count). The fourth-order valence-corrected chi connectivity index (χ4v) is 4.64. The molecule has 2 aromatic heterocycles. The Morgan fingerprint density at radius 3 is 2.77 bits per heavy atom. The monoisotopic (exact) mass is 451 g/mol. The predicted molar refractivity (Wildman–Crippen MR) is 125 cm³/mol. The van der Waals surface area contributed by atoms with Gasteiger partial charge in [-0.1, -0.05) is 23.7 Å². The minimum absolute atomic E-state index is 0.280. The molecule has 5 aromatic rings. The quantitative estimate of drug-likeness (QED) is 0.344. The second-order valence-electron chi connectivity index (χ2n) is 7.57. The summed E-state index contributed by atoms with van der Waals surface area (Å²) in [5, 5.41) is 2.06. The first-order valence-electron chi connectivity index (χ1n) is 9.61. The van der Waals surface area contributed by atoms with Gasteiger partial charge < -0.3 is 19.2 Å². The van der Waals surface area contributed by atoms with Crippen LogP contribution in [0.5, 0.6) is 11.8 Å². The molecule has 6 nitrogen and oxygen atoms in total. The van der Waals surface area contributed by atoms with E-state index in [1.165, 1.54) is 6.66 Å². The van der Waals surface area contributed by atoms with Crippen molar-refractivity contribution < 1.29 is 14.2 Å². The molecule has 0 radical (unpaired) electrons. The lowest BCUT2D eigenvalue weighted by Gasteiger charge is -2.07. The standard InChI is InChI=1S/C23H19ClN3O3P/c1-27-9-8-15-10-14(6-7-22(15)27)18-12-20-21(13-19(18)24)26-23(25-20)30-16-4-3-5-17(11-16)31(2,28)29/h3-13H,1-2H3,(H,25,26)(H,28,29). The Hall–Kier alpha value is -3.05. The number of imidazole rings is 1. The van der Waals surface area contributed by atoms with E-state index in [1.54, 1.807) is 24.3 Å². The summed E-state index contributed by atoms with van der Waals surface area (Å²) in [7, 11) is -1.36. The number of aromatic amines is 1. The van der Waals surface area contributed by atoms with Crippen molar-refractivity contribution in [2.45, 2.75) is 0 Å². The van der Waals surface area contributed by atoms with Gasteiger partial charge in [0.1, 0.15) is 5.75 Å². The molecule has 0 spiro atoms. The first-order chi connectivity index (χ1) is 14.8. The number of hydrogen-bond donors (Lipinski definition) is 2. The van der Waals surface area contributed by atoms with Crippen LogP contribution in [-0.2, 0) is 11.6 Å². The molecule has 0 aliphatic heterocycles. The molecule has 2 N–H and O–H groups in total. The largest absolute Gasteiger partial charge is 0.426 e. The Labute approximate surface area is 183 Å². The number of halogens is 1. The van der Waals surface area contributed by atoms with Gasteiger partial charge in [0.2, 0.25) is 7.37 Å². The van der Waals surface area contributed by atoms with E-state index in [1.807, 2.05) is 31.4 Å². The minimum atomic E-state index is -3.37. The van der Waals surface area contributed by atoms with Crippen LogP contribution >= 0.6 is 19.0 Å². The fraction of sp³-hybridized carbons (Fsp3) is 0.0870. The molecule has 31 heavy (non-hydrogen) atoms. The maximum absolute atomic E-state index is 11.9. The molecule has 0 fully saturated rings. The number of aryl methyl sites for hydroxylation is 1. The average molecular weight is 452 g/mol. The maximum atomic E-state index is 11.9. The molecule has 0 aliphatic carbocycles. The Balaban J connectivity index is 1.51. The van der Waals surface area contributed by atoms with Crippen molar-refractivity contribution in [3.05, 3.63) is 71.9 Å². The highest BCUT2D eigenvalue weighted by Gasteiger charge is 2.16. The number of ether oxygens (including phenoxy) is 1. The summed E-state index contributed by atoms with van der Waals surface area (Å²) in [5.41, 5.74) is 4.49. The Morgan fingerprint density at radius 1 is 1.13 bits per heavy atom. The molecule has 2 heterocycles. The van der Waals surface area contributed by atoms with E-state index >= 15 is 0 Å². The number of rotatable bonds is 4. The van der Waals surface area contributed by atoms with E-state index in [0.29, 0.717) is 21.6 Å². The van der Waals surface area contributed by atoms with E-state index in [0.717, 1.165) is 27.5 Å². The van der Waals surface area contributed by atoms with Gasteiger partial charge in [-0.05, 0) is 54.1 Å². The van der Waals surface area contributed by atoms with Crippen LogP contribution in [0.25, 0.3) is 33.1 Å². The van der Waals surface area contributed by atoms with Gasteiger partial charge in [0.15, 0.2) is 0 Å². The van der Waals surface area contributed by atoms with Crippen LogP contribution in [-0.4, -0.2) is 26.1 Å². The molecule has 3 aromatic carbocycles. The number of nitrogens with zero attached hydrogens (tertiary/aromatic N) is 2. The smallest absolute Gasteiger partial charge is 0.300 e. The highest BCUT2D eigenvalue weighted by molar-refractivity contribution is 7.65. The fourth-order valence-electron chi connectivity index (χ4n) is 3.64. The lowest BCUT2D eigenvalue weighted by Crippen LogP contribution is -2.03. The summed E-state index contributed by atoms with van der Waals surface area (Å²) in [6, 6.07) is 18.9. The third-order valence-electron chi connectivity index (χ3n) is 5.26. The van der Waals surface area contributed by atoms with Gasteiger partial charge in [0, 0.05) is 41.7 Å². The van der Waals surface area contributed by atoms with Gasteiger partial charge in [-0.2, -0.15) is 4.98 Å². The van der Waals surface area contributed by atoms with Crippen molar-refractivity contribution in [2.24, 2.45) is 7.05 Å². The number of nitrogens with one attached hydrogen (secondary N) is 1.